The van der Waals surface area contributed by atoms with Crippen LogP contribution in [-0.2, 0) is 10.0 Å². The van der Waals surface area contributed by atoms with E-state index < -0.39 is 10.0 Å². The van der Waals surface area contributed by atoms with Crippen LogP contribution in [0.1, 0.15) is 33.1 Å². The molecule has 0 aliphatic carbocycles. The van der Waals surface area contributed by atoms with Crippen molar-refractivity contribution < 1.29 is 8.42 Å². The minimum Gasteiger partial charge on any atom is -0.317 e. The summed E-state index contributed by atoms with van der Waals surface area (Å²) in [6, 6.07) is 0. The molecule has 0 radical (unpaired) electrons. The third-order valence-electron chi connectivity index (χ3n) is 2.94. The van der Waals surface area contributed by atoms with E-state index in [0.717, 1.165) is 19.5 Å². The second-order valence-electron chi connectivity index (χ2n) is 4.47. The first-order chi connectivity index (χ1) is 7.02. The van der Waals surface area contributed by atoms with E-state index in [-0.39, 0.29) is 5.25 Å². The van der Waals surface area contributed by atoms with Crippen LogP contribution in [0.15, 0.2) is 0 Å². The highest BCUT2D eigenvalue weighted by atomic mass is 32.2. The maximum atomic E-state index is 11.4. The van der Waals surface area contributed by atoms with Crippen molar-refractivity contribution in [3.8, 4) is 0 Å². The molecule has 0 aromatic rings. The molecular weight excluding hydrogens is 212 g/mol. The smallest absolute Gasteiger partial charge is 0.213 e. The van der Waals surface area contributed by atoms with E-state index in [1.54, 1.807) is 13.8 Å². The molecule has 1 heterocycles. The van der Waals surface area contributed by atoms with Crippen LogP contribution in [0.3, 0.4) is 0 Å². The first-order valence-corrected chi connectivity index (χ1v) is 7.26. The summed E-state index contributed by atoms with van der Waals surface area (Å²) in [6.45, 7) is 6.13. The van der Waals surface area contributed by atoms with Crippen molar-refractivity contribution in [2.45, 2.75) is 38.4 Å². The van der Waals surface area contributed by atoms with Crippen LogP contribution >= 0.6 is 0 Å². The van der Waals surface area contributed by atoms with Crippen molar-refractivity contribution in [3.63, 3.8) is 0 Å². The topological polar surface area (TPSA) is 58.2 Å². The van der Waals surface area contributed by atoms with Crippen molar-refractivity contribution >= 4 is 10.0 Å². The molecule has 1 rings (SSSR count). The van der Waals surface area contributed by atoms with E-state index in [0.29, 0.717) is 12.5 Å². The summed E-state index contributed by atoms with van der Waals surface area (Å²) in [6.07, 6.45) is 3.31. The first kappa shape index (κ1) is 12.9. The zero-order valence-corrected chi connectivity index (χ0v) is 10.4. The van der Waals surface area contributed by atoms with Crippen LogP contribution in [-0.4, -0.2) is 33.3 Å². The van der Waals surface area contributed by atoms with Gasteiger partial charge >= 0.3 is 0 Å². The van der Waals surface area contributed by atoms with Gasteiger partial charge in [0, 0.05) is 6.54 Å². The van der Waals surface area contributed by atoms with Crippen LogP contribution in [0.25, 0.3) is 0 Å². The molecule has 0 atom stereocenters. The molecule has 0 amide bonds. The molecule has 2 N–H and O–H groups in total. The molecule has 0 spiro atoms. The van der Waals surface area contributed by atoms with Gasteiger partial charge in [-0.1, -0.05) is 0 Å². The zero-order valence-electron chi connectivity index (χ0n) is 9.62. The Labute approximate surface area is 92.9 Å². The normalized spacial score (nSPS) is 19.7. The molecule has 1 saturated heterocycles. The van der Waals surface area contributed by atoms with Gasteiger partial charge in [-0.15, -0.1) is 0 Å². The maximum Gasteiger partial charge on any atom is 0.213 e. The molecule has 1 aliphatic heterocycles. The summed E-state index contributed by atoms with van der Waals surface area (Å²) < 4.78 is 25.6. The van der Waals surface area contributed by atoms with E-state index in [9.17, 15) is 8.42 Å². The van der Waals surface area contributed by atoms with Crippen molar-refractivity contribution in [1.82, 2.24) is 10.0 Å². The summed E-state index contributed by atoms with van der Waals surface area (Å²) in [5.41, 5.74) is 0. The van der Waals surface area contributed by atoms with Gasteiger partial charge in [-0.25, -0.2) is 13.1 Å². The van der Waals surface area contributed by atoms with Crippen molar-refractivity contribution in [2.75, 3.05) is 19.6 Å². The van der Waals surface area contributed by atoms with Gasteiger partial charge in [-0.2, -0.15) is 0 Å². The average Bonchev–Trinajstić information content (AvgIpc) is 2.19. The highest BCUT2D eigenvalue weighted by Gasteiger charge is 2.17. The Morgan fingerprint density at radius 1 is 1.33 bits per heavy atom. The van der Waals surface area contributed by atoms with Crippen LogP contribution in [0, 0.1) is 5.92 Å². The van der Waals surface area contributed by atoms with Crippen LogP contribution in [0.2, 0.25) is 0 Å². The molecule has 0 unspecified atom stereocenters. The van der Waals surface area contributed by atoms with Crippen molar-refractivity contribution in [3.05, 3.63) is 0 Å². The minimum absolute atomic E-state index is 0.328. The average molecular weight is 234 g/mol. The van der Waals surface area contributed by atoms with Crippen molar-refractivity contribution in [2.24, 2.45) is 5.92 Å². The van der Waals surface area contributed by atoms with Gasteiger partial charge < -0.3 is 5.32 Å². The third-order valence-corrected chi connectivity index (χ3v) is 4.78. The SMILES string of the molecule is CC(C)S(=O)(=O)NCCC1CCNCC1. The second-order valence-corrected chi connectivity index (χ2v) is 6.79. The fraction of sp³-hybridized carbons (Fsp3) is 1.00. The van der Waals surface area contributed by atoms with E-state index in [1.807, 2.05) is 0 Å². The van der Waals surface area contributed by atoms with Crippen molar-refractivity contribution in [1.29, 1.82) is 0 Å². The highest BCUT2D eigenvalue weighted by molar-refractivity contribution is 7.90. The Bertz CT molecular complexity index is 269. The summed E-state index contributed by atoms with van der Waals surface area (Å²) >= 11 is 0. The predicted molar refractivity (Wildman–Crippen MR) is 62.3 cm³/mol. The lowest BCUT2D eigenvalue weighted by molar-refractivity contribution is 0.354. The fourth-order valence-electron chi connectivity index (χ4n) is 1.74. The lowest BCUT2D eigenvalue weighted by Crippen LogP contribution is -2.34. The molecule has 1 fully saturated rings. The third kappa shape index (κ3) is 4.49. The van der Waals surface area contributed by atoms with Crippen LogP contribution in [0.4, 0.5) is 0 Å². The van der Waals surface area contributed by atoms with E-state index in [1.165, 1.54) is 12.8 Å². The van der Waals surface area contributed by atoms with Gasteiger partial charge in [-0.05, 0) is 52.1 Å². The van der Waals surface area contributed by atoms with Gasteiger partial charge in [0.1, 0.15) is 0 Å². The van der Waals surface area contributed by atoms with E-state index in [2.05, 4.69) is 10.0 Å². The summed E-state index contributed by atoms with van der Waals surface area (Å²) in [5.74, 6) is 0.682. The molecule has 0 saturated carbocycles. The number of rotatable bonds is 5. The summed E-state index contributed by atoms with van der Waals surface area (Å²) in [5, 5.41) is 2.97. The van der Waals surface area contributed by atoms with Gasteiger partial charge in [0.25, 0.3) is 0 Å². The first-order valence-electron chi connectivity index (χ1n) is 5.71. The zero-order chi connectivity index (χ0) is 11.3. The standard InChI is InChI=1S/C10H22N2O2S/c1-9(2)15(13,14)12-8-5-10-3-6-11-7-4-10/h9-12H,3-8H2,1-2H3. The molecule has 15 heavy (non-hydrogen) atoms. The largest absolute Gasteiger partial charge is 0.317 e. The Kier molecular flexibility index (Phi) is 5.02. The fourth-order valence-corrected chi connectivity index (χ4v) is 2.48. The maximum absolute atomic E-state index is 11.4. The number of piperidine rings is 1. The Balaban J connectivity index is 2.20. The van der Waals surface area contributed by atoms with E-state index >= 15 is 0 Å². The molecule has 0 bridgehead atoms. The quantitative estimate of drug-likeness (QED) is 0.736. The molecular formula is C10H22N2O2S. The van der Waals surface area contributed by atoms with Gasteiger partial charge in [0.15, 0.2) is 0 Å². The monoisotopic (exact) mass is 234 g/mol. The number of sulfonamides is 1. The van der Waals surface area contributed by atoms with E-state index in [4.69, 9.17) is 0 Å². The number of hydrogen-bond acceptors (Lipinski definition) is 3. The molecule has 1 aliphatic rings. The molecule has 0 aromatic carbocycles. The van der Waals surface area contributed by atoms with Gasteiger partial charge in [0.2, 0.25) is 10.0 Å². The summed E-state index contributed by atoms with van der Waals surface area (Å²) in [7, 11) is -3.06. The lowest BCUT2D eigenvalue weighted by Gasteiger charge is -2.22. The Morgan fingerprint density at radius 3 is 2.47 bits per heavy atom. The molecule has 5 heteroatoms. The highest BCUT2D eigenvalue weighted by Crippen LogP contribution is 2.15. The number of nitrogens with one attached hydrogen (secondary N) is 2. The number of hydrogen-bond donors (Lipinski definition) is 2. The Morgan fingerprint density at radius 2 is 1.93 bits per heavy atom. The molecule has 0 aromatic heterocycles. The van der Waals surface area contributed by atoms with Gasteiger partial charge in [0.05, 0.1) is 5.25 Å². The summed E-state index contributed by atoms with van der Waals surface area (Å²) in [4.78, 5) is 0. The predicted octanol–water partition coefficient (Wildman–Crippen LogP) is 0.704. The molecule has 4 nitrogen and oxygen atoms in total. The molecule has 90 valence electrons. The second kappa shape index (κ2) is 5.82. The Hall–Kier alpha value is -0.130. The van der Waals surface area contributed by atoms with Crippen LogP contribution < -0.4 is 10.0 Å². The van der Waals surface area contributed by atoms with Gasteiger partial charge in [-0.3, -0.25) is 0 Å². The minimum atomic E-state index is -3.06. The van der Waals surface area contributed by atoms with Crippen LogP contribution in [0.5, 0.6) is 0 Å². The lowest BCUT2D eigenvalue weighted by atomic mass is 9.95.